The Balaban J connectivity index is 2.57. The van der Waals surface area contributed by atoms with Gasteiger partial charge in [-0.05, 0) is 32.8 Å². The molecule has 86 valence electrons. The van der Waals surface area contributed by atoms with E-state index in [1.807, 2.05) is 6.92 Å². The fourth-order valence-corrected chi connectivity index (χ4v) is 2.99. The van der Waals surface area contributed by atoms with Gasteiger partial charge in [0.1, 0.15) is 7.85 Å². The van der Waals surface area contributed by atoms with Crippen molar-refractivity contribution >= 4 is 37.0 Å². The maximum absolute atomic E-state index is 10.0. The first-order valence-electron chi connectivity index (χ1n) is 5.10. The number of aliphatic hydroxyl groups is 1. The van der Waals surface area contributed by atoms with Gasteiger partial charge >= 0.3 is 0 Å². The highest BCUT2D eigenvalue weighted by molar-refractivity contribution is 9.10. The average molecular weight is 293 g/mol. The molecule has 0 spiro atoms. The Labute approximate surface area is 102 Å². The van der Waals surface area contributed by atoms with Crippen molar-refractivity contribution in [3.05, 3.63) is 0 Å². The van der Waals surface area contributed by atoms with E-state index in [0.29, 0.717) is 0 Å². The van der Waals surface area contributed by atoms with Gasteiger partial charge in [-0.15, -0.1) is 13.2 Å². The second-order valence-corrected chi connectivity index (χ2v) is 11.2. The summed E-state index contributed by atoms with van der Waals surface area (Å²) in [5.41, 5.74) is 0. The summed E-state index contributed by atoms with van der Waals surface area (Å²) in [7, 11) is 5.80. The minimum absolute atomic E-state index is 0.162. The molecule has 0 aromatic heterocycles. The van der Waals surface area contributed by atoms with Crippen molar-refractivity contribution in [1.82, 2.24) is 0 Å². The number of alkyl halides is 1. The summed E-state index contributed by atoms with van der Waals surface area (Å²) in [6, 6.07) is -0.441. The lowest BCUT2D eigenvalue weighted by Crippen LogP contribution is -2.39. The first-order valence-corrected chi connectivity index (χ1v) is 8.94. The summed E-state index contributed by atoms with van der Waals surface area (Å²) in [5.74, 6) is 0. The first-order chi connectivity index (χ1) is 6.64. The van der Waals surface area contributed by atoms with Crippen molar-refractivity contribution in [2.45, 2.75) is 35.9 Å². The van der Waals surface area contributed by atoms with Crippen molar-refractivity contribution in [2.75, 3.05) is 19.5 Å². The number of ether oxygens (including phenoxy) is 1. The Kier molecular flexibility index (Phi) is 4.21. The van der Waals surface area contributed by atoms with Crippen LogP contribution in [0.3, 0.4) is 0 Å². The summed E-state index contributed by atoms with van der Waals surface area (Å²) in [5, 5.41) is 10.0. The largest absolute Gasteiger partial charge is 0.389 e. The van der Waals surface area contributed by atoms with Gasteiger partial charge in [-0.25, -0.2) is 0 Å². The van der Waals surface area contributed by atoms with Crippen LogP contribution in [-0.2, 0) is 4.74 Å². The highest BCUT2D eigenvalue weighted by Gasteiger charge is 2.48. The van der Waals surface area contributed by atoms with Crippen LogP contribution in [0.2, 0.25) is 0 Å². The Morgan fingerprint density at radius 2 is 2.13 bits per heavy atom. The van der Waals surface area contributed by atoms with Crippen LogP contribution in [0.15, 0.2) is 0 Å². The quantitative estimate of drug-likeness (QED) is 0.485. The lowest BCUT2D eigenvalue weighted by molar-refractivity contribution is 0.0306. The third-order valence-electron chi connectivity index (χ3n) is 2.83. The molecule has 1 fully saturated rings. The Morgan fingerprint density at radius 3 is 2.47 bits per heavy atom. The van der Waals surface area contributed by atoms with E-state index >= 15 is 0 Å². The number of rotatable bonds is 3. The molecule has 0 aromatic carbocycles. The second-order valence-electron chi connectivity index (χ2n) is 5.14. The molecular formula is C10H19BBrO2P. The monoisotopic (exact) mass is 292 g/mol. The van der Waals surface area contributed by atoms with E-state index in [2.05, 4.69) is 35.6 Å². The van der Waals surface area contributed by atoms with Crippen LogP contribution in [0.1, 0.15) is 13.3 Å². The number of hydrogen-bond donors (Lipinski definition) is 1. The molecule has 1 aliphatic heterocycles. The molecule has 5 heteroatoms. The molecule has 15 heavy (non-hydrogen) atoms. The molecule has 1 heterocycles. The van der Waals surface area contributed by atoms with Gasteiger partial charge in [0.25, 0.3) is 0 Å². The second kappa shape index (κ2) is 4.56. The van der Waals surface area contributed by atoms with Gasteiger partial charge in [0.2, 0.25) is 0 Å². The zero-order valence-corrected chi connectivity index (χ0v) is 12.1. The zero-order chi connectivity index (χ0) is 11.9. The third-order valence-corrected chi connectivity index (χ3v) is 5.22. The smallest absolute Gasteiger partial charge is 0.111 e. The molecule has 4 atom stereocenters. The fraction of sp³-hybridized carbons (Fsp3) is 0.900. The Bertz CT molecular complexity index is 277. The number of hydrogen-bond acceptors (Lipinski definition) is 2. The van der Waals surface area contributed by atoms with Gasteiger partial charge in [-0.1, -0.05) is 15.9 Å². The third kappa shape index (κ3) is 3.36. The van der Waals surface area contributed by atoms with E-state index < -0.39 is 23.3 Å². The topological polar surface area (TPSA) is 29.5 Å². The van der Waals surface area contributed by atoms with E-state index in [4.69, 9.17) is 12.6 Å². The maximum Gasteiger partial charge on any atom is 0.111 e. The summed E-state index contributed by atoms with van der Waals surface area (Å²) < 4.78 is 5.03. The van der Waals surface area contributed by atoms with Crippen LogP contribution in [-0.4, -0.2) is 61.3 Å². The van der Waals surface area contributed by atoms with E-state index in [1.54, 1.807) is 0 Å². The highest BCUT2D eigenvalue weighted by atomic mass is 79.9. The molecule has 0 aromatic rings. The normalized spacial score (nSPS) is 42.1. The summed E-state index contributed by atoms with van der Waals surface area (Å²) in [6.45, 7) is 5.18. The zero-order valence-electron chi connectivity index (χ0n) is 9.61. The van der Waals surface area contributed by atoms with Crippen molar-refractivity contribution in [1.29, 1.82) is 0 Å². The molecule has 0 unspecified atom stereocenters. The lowest BCUT2D eigenvalue weighted by Gasteiger charge is -2.24. The van der Waals surface area contributed by atoms with Gasteiger partial charge in [0, 0.05) is 6.00 Å². The standard InChI is InChI=1S/C10H19BBrO2P/c1-10(12)8(13)7(14-9(10)11)5-6-15(2,3)4/h7-9,13H,2,5-6H2,1,3-4H3/t7-,8-,9-,10-/m1/s1. The molecular weight excluding hydrogens is 274 g/mol. The maximum atomic E-state index is 10.0. The molecule has 2 nitrogen and oxygen atoms in total. The molecule has 2 radical (unpaired) electrons. The van der Waals surface area contributed by atoms with Crippen LogP contribution >= 0.6 is 22.8 Å². The van der Waals surface area contributed by atoms with Gasteiger partial charge in [-0.3, -0.25) is 0 Å². The van der Waals surface area contributed by atoms with Gasteiger partial charge in [0.05, 0.1) is 16.5 Å². The molecule has 0 amide bonds. The molecule has 0 bridgehead atoms. The predicted octanol–water partition coefficient (Wildman–Crippen LogP) is 1.49. The average Bonchev–Trinajstić information content (AvgIpc) is 2.25. The summed E-state index contributed by atoms with van der Waals surface area (Å²) >= 11 is 3.43. The van der Waals surface area contributed by atoms with E-state index in [1.165, 1.54) is 0 Å². The van der Waals surface area contributed by atoms with Crippen LogP contribution < -0.4 is 0 Å². The van der Waals surface area contributed by atoms with Crippen LogP contribution in [0, 0.1) is 0 Å². The molecule has 1 saturated heterocycles. The first kappa shape index (κ1) is 13.8. The predicted molar refractivity (Wildman–Crippen MR) is 73.1 cm³/mol. The molecule has 1 rings (SSSR count). The van der Waals surface area contributed by atoms with E-state index in [-0.39, 0.29) is 6.10 Å². The van der Waals surface area contributed by atoms with E-state index in [0.717, 1.165) is 12.6 Å². The van der Waals surface area contributed by atoms with Crippen molar-refractivity contribution in [3.8, 4) is 0 Å². The Hall–Kier alpha value is 0.765. The van der Waals surface area contributed by atoms with Crippen molar-refractivity contribution < 1.29 is 9.84 Å². The Morgan fingerprint density at radius 1 is 1.60 bits per heavy atom. The van der Waals surface area contributed by atoms with Crippen LogP contribution in [0.25, 0.3) is 0 Å². The van der Waals surface area contributed by atoms with Crippen molar-refractivity contribution in [2.24, 2.45) is 0 Å². The number of aliphatic hydroxyl groups excluding tert-OH is 1. The lowest BCUT2D eigenvalue weighted by atomic mass is 9.85. The molecule has 0 saturated carbocycles. The van der Waals surface area contributed by atoms with Crippen molar-refractivity contribution in [3.63, 3.8) is 0 Å². The molecule has 0 aliphatic carbocycles. The summed E-state index contributed by atoms with van der Waals surface area (Å²) in [6.07, 6.45) is 5.29. The fourth-order valence-electron chi connectivity index (χ4n) is 1.63. The van der Waals surface area contributed by atoms with E-state index in [9.17, 15) is 5.11 Å². The highest BCUT2D eigenvalue weighted by Crippen LogP contribution is 2.42. The van der Waals surface area contributed by atoms with Gasteiger partial charge in [-0.2, -0.15) is 0 Å². The van der Waals surface area contributed by atoms with Crippen LogP contribution in [0.4, 0.5) is 0 Å². The summed E-state index contributed by atoms with van der Waals surface area (Å²) in [4.78, 5) is 0. The minimum Gasteiger partial charge on any atom is -0.389 e. The molecule has 1 aliphatic rings. The van der Waals surface area contributed by atoms with Gasteiger partial charge in [0.15, 0.2) is 0 Å². The number of halogens is 1. The SMILES string of the molecule is [B][C@@H]1O[C@H](CCP(=C)(C)C)[C@@H](O)[C@@]1(C)Br. The minimum atomic E-state index is -1.05. The van der Waals surface area contributed by atoms with Gasteiger partial charge < -0.3 is 9.84 Å². The molecule has 1 N–H and O–H groups in total. The van der Waals surface area contributed by atoms with Crippen LogP contribution in [0.5, 0.6) is 0 Å².